The standard InChI is InChI=1S/C35H22N.C16H18N.Ir/c1-6-24-18-26(8-1)28-10-3-12-30(20-28)32-14-5-15-34(22-32)35-23-33(16-17-36-35)31-13-4-11-29(21-31)27-9-2-7-25(24)19-27;1-16(2,3)11-13-9-10-15(17-12-13)14-7-5-4-6-8-14;/h1-14,16-23H;4-7,9-10,12H,11H2,1-3H3;/q2*-1;/i;11D2;. The molecule has 0 atom stereocenters. The topological polar surface area (TPSA) is 25.8 Å². The van der Waals surface area contributed by atoms with Crippen molar-refractivity contribution in [2.45, 2.75) is 27.1 Å². The number of rotatable bonds is 2. The molecule has 0 aliphatic rings. The van der Waals surface area contributed by atoms with Gasteiger partial charge in [-0.3, -0.25) is 0 Å². The van der Waals surface area contributed by atoms with E-state index in [4.69, 9.17) is 7.73 Å². The van der Waals surface area contributed by atoms with E-state index in [2.05, 4.69) is 138 Å². The first-order valence-electron chi connectivity index (χ1n) is 19.0. The monoisotopic (exact) mass is 875 g/mol. The summed E-state index contributed by atoms with van der Waals surface area (Å²) in [5.41, 5.74) is 2.81. The van der Waals surface area contributed by atoms with E-state index in [-0.39, 0.29) is 20.1 Å². The zero-order valence-corrected chi connectivity index (χ0v) is 32.9. The average Bonchev–Trinajstić information content (AvgIpc) is 3.24. The first-order chi connectivity index (χ1) is 26.6. The zero-order chi connectivity index (χ0) is 38.0. The van der Waals surface area contributed by atoms with E-state index in [9.17, 15) is 0 Å². The maximum Gasteiger partial charge on any atom is 0.0322 e. The molecule has 265 valence electrons. The fraction of sp³-hybridized carbons (Fsp3) is 0.0980. The molecule has 0 unspecified atom stereocenters. The molecular formula is C51H40IrN2-2. The second-order valence-electron chi connectivity index (χ2n) is 14.3. The molecule has 1 radical (unpaired) electrons. The van der Waals surface area contributed by atoms with Gasteiger partial charge in [0, 0.05) is 35.2 Å². The van der Waals surface area contributed by atoms with Gasteiger partial charge in [-0.2, -0.15) is 0 Å². The molecule has 54 heavy (non-hydrogen) atoms. The molecule has 0 aliphatic carbocycles. The smallest absolute Gasteiger partial charge is 0.0322 e. The minimum atomic E-state index is -1.40. The Balaban J connectivity index is 0.000000205. The maximum absolute atomic E-state index is 8.21. The Morgan fingerprint density at radius 2 is 1.02 bits per heavy atom. The Hall–Kier alpha value is -5.73. The SMILES string of the molecule is [2H]C([2H])(c1ccc(-c2[c-]cccc2)nc1)C(C)(C)C.[Ir].[c-]1ccc2cc1c1cc(ccn1)c1cccc(c1)c1cccc(c1)c1cccc(c1)c1cccc2c1. The summed E-state index contributed by atoms with van der Waals surface area (Å²) in [7, 11) is 0. The van der Waals surface area contributed by atoms with Crippen molar-refractivity contribution in [2.24, 2.45) is 5.41 Å². The number of fused-ring (bicyclic) bond motifs is 18. The van der Waals surface area contributed by atoms with Gasteiger partial charge >= 0.3 is 0 Å². The molecule has 0 spiro atoms. The predicted molar refractivity (Wildman–Crippen MR) is 226 cm³/mol. The van der Waals surface area contributed by atoms with E-state index in [1.165, 1.54) is 43.1 Å². The van der Waals surface area contributed by atoms with Gasteiger partial charge in [0.2, 0.25) is 0 Å². The molecule has 0 aliphatic heterocycles. The summed E-state index contributed by atoms with van der Waals surface area (Å²) in [5, 5.41) is 12.9. The molecule has 0 saturated heterocycles. The second kappa shape index (κ2) is 16.1. The normalized spacial score (nSPS) is 12.0. The third-order valence-electron chi connectivity index (χ3n) is 9.22. The Morgan fingerprint density at radius 3 is 1.48 bits per heavy atom. The van der Waals surface area contributed by atoms with Crippen molar-refractivity contribution >= 4 is 64.8 Å². The first-order valence-corrected chi connectivity index (χ1v) is 18.0. The van der Waals surface area contributed by atoms with Gasteiger partial charge < -0.3 is 9.97 Å². The quantitative estimate of drug-likeness (QED) is 0.162. The van der Waals surface area contributed by atoms with Crippen LogP contribution >= 0.6 is 0 Å². The van der Waals surface area contributed by atoms with Crippen molar-refractivity contribution in [1.29, 1.82) is 0 Å². The van der Waals surface area contributed by atoms with Crippen LogP contribution in [0.2, 0.25) is 0 Å². The van der Waals surface area contributed by atoms with Crippen molar-refractivity contribution in [1.82, 2.24) is 9.97 Å². The molecule has 2 nitrogen and oxygen atoms in total. The molecule has 2 heterocycles. The summed E-state index contributed by atoms with van der Waals surface area (Å²) in [5.74, 6) is 0. The van der Waals surface area contributed by atoms with Crippen LogP contribution in [0.25, 0.3) is 76.0 Å². The number of nitrogens with zero attached hydrogens (tertiary/aromatic N) is 2. The first kappa shape index (κ1) is 34.1. The molecule has 12 bridgehead atoms. The summed E-state index contributed by atoms with van der Waals surface area (Å²) in [6.07, 6.45) is 2.12. The van der Waals surface area contributed by atoms with Crippen molar-refractivity contribution in [2.75, 3.05) is 0 Å². The fourth-order valence-electron chi connectivity index (χ4n) is 6.68. The van der Waals surface area contributed by atoms with Crippen LogP contribution in [-0.2, 0) is 26.5 Å². The van der Waals surface area contributed by atoms with Gasteiger partial charge in [0.1, 0.15) is 0 Å². The van der Waals surface area contributed by atoms with Crippen molar-refractivity contribution < 1.29 is 22.8 Å². The van der Waals surface area contributed by atoms with Gasteiger partial charge in [-0.05, 0) is 107 Å². The molecule has 0 N–H and O–H groups in total. The van der Waals surface area contributed by atoms with Crippen LogP contribution in [0.3, 0.4) is 0 Å². The van der Waals surface area contributed by atoms with Crippen LogP contribution in [0, 0.1) is 17.5 Å². The number of hydrogen-bond donors (Lipinski definition) is 0. The number of hydrogen-bond acceptors (Lipinski definition) is 2. The van der Waals surface area contributed by atoms with E-state index in [0.717, 1.165) is 32.9 Å². The molecule has 0 amide bonds. The van der Waals surface area contributed by atoms with Gasteiger partial charge in [0.25, 0.3) is 0 Å². The Kier molecular flexibility index (Phi) is 10.2. The third-order valence-corrected chi connectivity index (χ3v) is 9.22. The second-order valence-corrected chi connectivity index (χ2v) is 14.3. The van der Waals surface area contributed by atoms with E-state index in [0.29, 0.717) is 5.56 Å². The van der Waals surface area contributed by atoms with Gasteiger partial charge in [-0.25, -0.2) is 0 Å². The van der Waals surface area contributed by atoms with Crippen molar-refractivity contribution in [3.05, 3.63) is 194 Å². The molecule has 0 saturated carbocycles. The molecule has 3 heteroatoms. The minimum absolute atomic E-state index is 0. The van der Waals surface area contributed by atoms with Gasteiger partial charge in [0.05, 0.1) is 0 Å². The fourth-order valence-corrected chi connectivity index (χ4v) is 6.68. The largest absolute Gasteiger partial charge is 0.305 e. The van der Waals surface area contributed by atoms with Gasteiger partial charge in [-0.15, -0.1) is 70.9 Å². The van der Waals surface area contributed by atoms with E-state index in [1.54, 1.807) is 6.20 Å². The molecule has 9 rings (SSSR count). The van der Waals surface area contributed by atoms with Crippen LogP contribution in [0.5, 0.6) is 0 Å². The van der Waals surface area contributed by atoms with Crippen LogP contribution in [-0.4, -0.2) is 9.97 Å². The number of pyridine rings is 2. The minimum Gasteiger partial charge on any atom is -0.305 e. The van der Waals surface area contributed by atoms with Crippen LogP contribution in [0.15, 0.2) is 176 Å². The zero-order valence-electron chi connectivity index (χ0n) is 32.5. The third kappa shape index (κ3) is 8.56. The summed E-state index contributed by atoms with van der Waals surface area (Å²) >= 11 is 0. The average molecular weight is 875 g/mol. The van der Waals surface area contributed by atoms with Crippen molar-refractivity contribution in [3.63, 3.8) is 0 Å². The number of aromatic nitrogens is 2. The Bertz CT molecular complexity index is 2430. The van der Waals surface area contributed by atoms with E-state index < -0.39 is 11.8 Å². The Labute approximate surface area is 333 Å². The molecule has 2 aromatic heterocycles. The maximum atomic E-state index is 8.21. The number of benzene rings is 6. The summed E-state index contributed by atoms with van der Waals surface area (Å²) in [6.45, 7) is 5.68. The Morgan fingerprint density at radius 1 is 0.500 bits per heavy atom. The predicted octanol–water partition coefficient (Wildman–Crippen LogP) is 13.6. The summed E-state index contributed by atoms with van der Waals surface area (Å²) < 4.78 is 16.4. The summed E-state index contributed by atoms with van der Waals surface area (Å²) in [4.78, 5) is 9.05. The van der Waals surface area contributed by atoms with Gasteiger partial charge in [0.15, 0.2) is 0 Å². The van der Waals surface area contributed by atoms with Crippen LogP contribution in [0.1, 0.15) is 29.1 Å². The molecule has 9 aromatic rings. The van der Waals surface area contributed by atoms with Crippen LogP contribution < -0.4 is 0 Å². The summed E-state index contributed by atoms with van der Waals surface area (Å²) in [6, 6.07) is 63.5. The molecular weight excluding hydrogens is 833 g/mol. The molecule has 0 fully saturated rings. The van der Waals surface area contributed by atoms with Crippen LogP contribution in [0.4, 0.5) is 0 Å². The van der Waals surface area contributed by atoms with E-state index >= 15 is 0 Å². The van der Waals surface area contributed by atoms with E-state index in [1.807, 2.05) is 69.4 Å². The molecule has 7 aromatic carbocycles. The van der Waals surface area contributed by atoms with Gasteiger partial charge in [-0.1, -0.05) is 112 Å². The van der Waals surface area contributed by atoms with Crippen molar-refractivity contribution in [3.8, 4) is 11.3 Å².